The SMILES string of the molecule is Cc1nc(C(C)C)sc1C(=O)N1CCCCC1c1ccccn1. The maximum atomic E-state index is 13.1. The summed E-state index contributed by atoms with van der Waals surface area (Å²) in [7, 11) is 0. The standard InChI is InChI=1S/C18H23N3OS/c1-12(2)17-20-13(3)16(23-17)18(22)21-11-7-5-9-15(21)14-8-4-6-10-19-14/h4,6,8,10,12,15H,5,7,9,11H2,1-3H3. The van der Waals surface area contributed by atoms with E-state index in [9.17, 15) is 4.79 Å². The Morgan fingerprint density at radius 3 is 2.83 bits per heavy atom. The molecule has 0 aromatic carbocycles. The van der Waals surface area contributed by atoms with Crippen LogP contribution in [0.4, 0.5) is 0 Å². The van der Waals surface area contributed by atoms with E-state index >= 15 is 0 Å². The van der Waals surface area contributed by atoms with Gasteiger partial charge in [0.25, 0.3) is 5.91 Å². The van der Waals surface area contributed by atoms with Gasteiger partial charge in [-0.1, -0.05) is 19.9 Å². The first-order chi connectivity index (χ1) is 11.1. The number of hydrogen-bond donors (Lipinski definition) is 0. The van der Waals surface area contributed by atoms with Crippen molar-refractivity contribution in [2.45, 2.75) is 52.0 Å². The number of pyridine rings is 1. The number of amides is 1. The molecule has 0 N–H and O–H groups in total. The maximum Gasteiger partial charge on any atom is 0.266 e. The molecular weight excluding hydrogens is 306 g/mol. The van der Waals surface area contributed by atoms with Gasteiger partial charge in [0.2, 0.25) is 0 Å². The summed E-state index contributed by atoms with van der Waals surface area (Å²) in [4.78, 5) is 25.0. The van der Waals surface area contributed by atoms with Crippen LogP contribution in [-0.4, -0.2) is 27.3 Å². The van der Waals surface area contributed by atoms with Gasteiger partial charge in [-0.3, -0.25) is 9.78 Å². The predicted octanol–water partition coefficient (Wildman–Crippen LogP) is 4.34. The second-order valence-corrected chi connectivity index (χ2v) is 7.42. The lowest BCUT2D eigenvalue weighted by molar-refractivity contribution is 0.0610. The van der Waals surface area contributed by atoms with E-state index in [1.54, 1.807) is 17.5 Å². The van der Waals surface area contributed by atoms with Crippen molar-refractivity contribution in [1.82, 2.24) is 14.9 Å². The Kier molecular flexibility index (Phi) is 4.76. The number of rotatable bonds is 3. The Labute approximate surface area is 141 Å². The first-order valence-corrected chi connectivity index (χ1v) is 9.08. The molecule has 1 unspecified atom stereocenters. The second kappa shape index (κ2) is 6.79. The molecule has 1 aliphatic heterocycles. The number of likely N-dealkylation sites (tertiary alicyclic amines) is 1. The van der Waals surface area contributed by atoms with Gasteiger partial charge < -0.3 is 4.90 Å². The van der Waals surface area contributed by atoms with Crippen molar-refractivity contribution < 1.29 is 4.79 Å². The van der Waals surface area contributed by atoms with E-state index in [-0.39, 0.29) is 11.9 Å². The number of aromatic nitrogens is 2. The van der Waals surface area contributed by atoms with Gasteiger partial charge in [0.1, 0.15) is 4.88 Å². The fourth-order valence-corrected chi connectivity index (χ4v) is 4.07. The lowest BCUT2D eigenvalue weighted by Crippen LogP contribution is -2.38. The lowest BCUT2D eigenvalue weighted by Gasteiger charge is -2.35. The molecule has 3 heterocycles. The van der Waals surface area contributed by atoms with E-state index in [2.05, 4.69) is 23.8 Å². The Morgan fingerprint density at radius 2 is 2.17 bits per heavy atom. The van der Waals surface area contributed by atoms with Crippen molar-refractivity contribution in [2.75, 3.05) is 6.54 Å². The van der Waals surface area contributed by atoms with Gasteiger partial charge in [0, 0.05) is 18.7 Å². The Balaban J connectivity index is 1.90. The summed E-state index contributed by atoms with van der Waals surface area (Å²) in [6.07, 6.45) is 4.99. The van der Waals surface area contributed by atoms with Crippen molar-refractivity contribution in [2.24, 2.45) is 0 Å². The molecule has 2 aromatic rings. The van der Waals surface area contributed by atoms with E-state index in [1.165, 1.54) is 0 Å². The number of carbonyl (C=O) groups excluding carboxylic acids is 1. The molecule has 1 saturated heterocycles. The number of nitrogens with zero attached hydrogens (tertiary/aromatic N) is 3. The minimum atomic E-state index is 0.0847. The molecule has 2 aromatic heterocycles. The van der Waals surface area contributed by atoms with Crippen LogP contribution < -0.4 is 0 Å². The summed E-state index contributed by atoms with van der Waals surface area (Å²) >= 11 is 1.54. The highest BCUT2D eigenvalue weighted by Gasteiger charge is 2.31. The fourth-order valence-electron chi connectivity index (χ4n) is 3.05. The van der Waals surface area contributed by atoms with Crippen LogP contribution in [0.15, 0.2) is 24.4 Å². The van der Waals surface area contributed by atoms with Crippen LogP contribution in [-0.2, 0) is 0 Å². The van der Waals surface area contributed by atoms with Crippen LogP contribution in [0.2, 0.25) is 0 Å². The fraction of sp³-hybridized carbons (Fsp3) is 0.500. The van der Waals surface area contributed by atoms with Gasteiger partial charge in [0.15, 0.2) is 0 Å². The van der Waals surface area contributed by atoms with Crippen molar-refractivity contribution in [1.29, 1.82) is 0 Å². The molecule has 1 aliphatic rings. The smallest absolute Gasteiger partial charge is 0.266 e. The summed E-state index contributed by atoms with van der Waals surface area (Å²) in [5.41, 5.74) is 1.85. The largest absolute Gasteiger partial charge is 0.329 e. The zero-order valence-electron chi connectivity index (χ0n) is 14.0. The van der Waals surface area contributed by atoms with E-state index in [1.807, 2.05) is 30.0 Å². The summed E-state index contributed by atoms with van der Waals surface area (Å²) in [5.74, 6) is 0.468. The third-order valence-electron chi connectivity index (χ3n) is 4.29. The van der Waals surface area contributed by atoms with Gasteiger partial charge in [-0.05, 0) is 38.3 Å². The summed E-state index contributed by atoms with van der Waals surface area (Å²) in [6, 6.07) is 6.02. The van der Waals surface area contributed by atoms with Crippen molar-refractivity contribution in [3.63, 3.8) is 0 Å². The minimum Gasteiger partial charge on any atom is -0.329 e. The van der Waals surface area contributed by atoms with Crippen LogP contribution in [0.25, 0.3) is 0 Å². The molecule has 0 radical (unpaired) electrons. The van der Waals surface area contributed by atoms with Crippen LogP contribution in [0.5, 0.6) is 0 Å². The molecular formula is C18H23N3OS. The molecule has 1 atom stereocenters. The molecule has 5 heteroatoms. The molecule has 0 bridgehead atoms. The van der Waals surface area contributed by atoms with Gasteiger partial charge in [-0.25, -0.2) is 4.98 Å². The van der Waals surface area contributed by atoms with Crippen molar-refractivity contribution in [3.8, 4) is 0 Å². The lowest BCUT2D eigenvalue weighted by atomic mass is 9.98. The van der Waals surface area contributed by atoms with Crippen LogP contribution in [0.3, 0.4) is 0 Å². The van der Waals surface area contributed by atoms with E-state index in [0.29, 0.717) is 5.92 Å². The van der Waals surface area contributed by atoms with Gasteiger partial charge in [-0.15, -0.1) is 11.3 Å². The highest BCUT2D eigenvalue weighted by molar-refractivity contribution is 7.13. The highest BCUT2D eigenvalue weighted by Crippen LogP contribution is 2.33. The second-order valence-electron chi connectivity index (χ2n) is 6.39. The van der Waals surface area contributed by atoms with E-state index in [0.717, 1.165) is 47.1 Å². The Bertz CT molecular complexity index is 681. The van der Waals surface area contributed by atoms with Crippen LogP contribution >= 0.6 is 11.3 Å². The molecule has 0 saturated carbocycles. The summed E-state index contributed by atoms with van der Waals surface area (Å²) in [5, 5.41) is 1.04. The third kappa shape index (κ3) is 3.29. The third-order valence-corrected chi connectivity index (χ3v) is 5.74. The topological polar surface area (TPSA) is 46.1 Å². The number of carbonyl (C=O) groups is 1. The highest BCUT2D eigenvalue weighted by atomic mass is 32.1. The normalized spacial score (nSPS) is 18.4. The summed E-state index contributed by atoms with van der Waals surface area (Å²) in [6.45, 7) is 6.97. The molecule has 1 amide bonds. The summed E-state index contributed by atoms with van der Waals surface area (Å²) < 4.78 is 0. The number of hydrogen-bond acceptors (Lipinski definition) is 4. The average molecular weight is 329 g/mol. The quantitative estimate of drug-likeness (QED) is 0.841. The van der Waals surface area contributed by atoms with Gasteiger partial charge in [0.05, 0.1) is 22.4 Å². The first kappa shape index (κ1) is 16.1. The van der Waals surface area contributed by atoms with Crippen molar-refractivity contribution >= 4 is 17.2 Å². The molecule has 3 rings (SSSR count). The van der Waals surface area contributed by atoms with E-state index < -0.39 is 0 Å². The molecule has 1 fully saturated rings. The number of thiazole rings is 1. The Morgan fingerprint density at radius 1 is 1.35 bits per heavy atom. The first-order valence-electron chi connectivity index (χ1n) is 8.27. The molecule has 122 valence electrons. The number of piperidine rings is 1. The Hall–Kier alpha value is -1.75. The monoisotopic (exact) mass is 329 g/mol. The average Bonchev–Trinajstić information content (AvgIpc) is 2.97. The molecule has 0 spiro atoms. The maximum absolute atomic E-state index is 13.1. The molecule has 0 aliphatic carbocycles. The van der Waals surface area contributed by atoms with Crippen LogP contribution in [0.1, 0.15) is 71.1 Å². The van der Waals surface area contributed by atoms with Gasteiger partial charge in [-0.2, -0.15) is 0 Å². The zero-order chi connectivity index (χ0) is 16.4. The molecule has 4 nitrogen and oxygen atoms in total. The van der Waals surface area contributed by atoms with Crippen LogP contribution in [0, 0.1) is 6.92 Å². The van der Waals surface area contributed by atoms with Gasteiger partial charge >= 0.3 is 0 Å². The zero-order valence-corrected chi connectivity index (χ0v) is 14.8. The number of aryl methyl sites for hydroxylation is 1. The molecule has 23 heavy (non-hydrogen) atoms. The van der Waals surface area contributed by atoms with Crippen molar-refractivity contribution in [3.05, 3.63) is 45.7 Å². The minimum absolute atomic E-state index is 0.0847. The van der Waals surface area contributed by atoms with E-state index in [4.69, 9.17) is 0 Å². The predicted molar refractivity (Wildman–Crippen MR) is 92.8 cm³/mol.